The molecule has 1 aromatic heterocycles. The highest BCUT2D eigenvalue weighted by Gasteiger charge is 2.10. The number of aromatic amines is 1. The highest BCUT2D eigenvalue weighted by atomic mass is 16.5. The van der Waals surface area contributed by atoms with Crippen LogP contribution in [0.2, 0.25) is 0 Å². The van der Waals surface area contributed by atoms with Crippen LogP contribution in [0.4, 0.5) is 5.69 Å². The maximum Gasteiger partial charge on any atom is 0.130 e. The summed E-state index contributed by atoms with van der Waals surface area (Å²) in [7, 11) is 0. The van der Waals surface area contributed by atoms with Crippen LogP contribution in [0.15, 0.2) is 54.6 Å². The number of ether oxygens (including phenoxy) is 3. The molecule has 3 rings (SSSR count). The summed E-state index contributed by atoms with van der Waals surface area (Å²) >= 11 is 0. The molecule has 0 atom stereocenters. The summed E-state index contributed by atoms with van der Waals surface area (Å²) in [6.07, 6.45) is 0. The molecule has 1 heterocycles. The number of nitrogens with one attached hydrogen (secondary N) is 1. The van der Waals surface area contributed by atoms with Crippen LogP contribution in [0.25, 0.3) is 11.3 Å². The smallest absolute Gasteiger partial charge is 0.130 e. The van der Waals surface area contributed by atoms with Gasteiger partial charge < -0.3 is 19.9 Å². The van der Waals surface area contributed by atoms with Crippen molar-refractivity contribution in [3.05, 3.63) is 60.3 Å². The monoisotopic (exact) mass is 353 g/mol. The summed E-state index contributed by atoms with van der Waals surface area (Å²) in [6, 6.07) is 17.1. The van der Waals surface area contributed by atoms with E-state index in [2.05, 4.69) is 10.2 Å². The maximum absolute atomic E-state index is 5.82. The molecular formula is C20H23N3O3. The number of nitrogen functional groups attached to an aromatic ring is 1. The first-order valence-corrected chi connectivity index (χ1v) is 8.59. The van der Waals surface area contributed by atoms with Crippen LogP contribution in [-0.2, 0) is 11.3 Å². The largest absolute Gasteiger partial charge is 0.490 e. The number of nitrogens with zero attached hydrogens (tertiary/aromatic N) is 1. The van der Waals surface area contributed by atoms with E-state index < -0.39 is 0 Å². The molecule has 2 aromatic carbocycles. The fourth-order valence-corrected chi connectivity index (χ4v) is 2.50. The second-order valence-corrected chi connectivity index (χ2v) is 5.68. The Kier molecular flexibility index (Phi) is 6.11. The lowest BCUT2D eigenvalue weighted by Crippen LogP contribution is -2.06. The van der Waals surface area contributed by atoms with Gasteiger partial charge in [0, 0.05) is 23.9 Å². The minimum atomic E-state index is 0.379. The van der Waals surface area contributed by atoms with Crippen LogP contribution >= 0.6 is 0 Å². The molecule has 0 saturated carbocycles. The van der Waals surface area contributed by atoms with Gasteiger partial charge in [-0.25, -0.2) is 0 Å². The molecule has 0 radical (unpaired) electrons. The molecular weight excluding hydrogens is 330 g/mol. The summed E-state index contributed by atoms with van der Waals surface area (Å²) < 4.78 is 16.9. The van der Waals surface area contributed by atoms with Gasteiger partial charge >= 0.3 is 0 Å². The average Bonchev–Trinajstić information content (AvgIpc) is 3.13. The van der Waals surface area contributed by atoms with Gasteiger partial charge in [-0.05, 0) is 37.3 Å². The van der Waals surface area contributed by atoms with Crippen LogP contribution in [0.3, 0.4) is 0 Å². The Morgan fingerprint density at radius 3 is 2.73 bits per heavy atom. The summed E-state index contributed by atoms with van der Waals surface area (Å²) in [5.41, 5.74) is 9.03. The van der Waals surface area contributed by atoms with Crippen molar-refractivity contribution in [2.45, 2.75) is 13.5 Å². The second-order valence-electron chi connectivity index (χ2n) is 5.68. The molecule has 0 aliphatic heterocycles. The predicted molar refractivity (Wildman–Crippen MR) is 101 cm³/mol. The Labute approximate surface area is 152 Å². The van der Waals surface area contributed by atoms with E-state index in [9.17, 15) is 0 Å². The van der Waals surface area contributed by atoms with Gasteiger partial charge in [0.15, 0.2) is 0 Å². The van der Waals surface area contributed by atoms with Crippen LogP contribution in [0, 0.1) is 0 Å². The zero-order chi connectivity index (χ0) is 18.2. The lowest BCUT2D eigenvalue weighted by molar-refractivity contribution is 0.110. The third-order valence-corrected chi connectivity index (χ3v) is 3.74. The minimum Gasteiger partial charge on any atom is -0.490 e. The van der Waals surface area contributed by atoms with Crippen LogP contribution in [0.5, 0.6) is 11.5 Å². The van der Waals surface area contributed by atoms with Crippen LogP contribution < -0.4 is 15.2 Å². The molecule has 0 amide bonds. The molecule has 26 heavy (non-hydrogen) atoms. The van der Waals surface area contributed by atoms with Gasteiger partial charge in [-0.3, -0.25) is 5.10 Å². The Hall–Kier alpha value is -2.99. The summed E-state index contributed by atoms with van der Waals surface area (Å²) in [6.45, 7) is 4.08. The van der Waals surface area contributed by atoms with Crippen molar-refractivity contribution in [1.29, 1.82) is 0 Å². The number of rotatable bonds is 9. The summed E-state index contributed by atoms with van der Waals surface area (Å²) in [4.78, 5) is 0. The maximum atomic E-state index is 5.82. The third kappa shape index (κ3) is 4.77. The van der Waals surface area contributed by atoms with E-state index in [1.165, 1.54) is 0 Å². The number of H-pyrrole nitrogens is 1. The molecule has 6 nitrogen and oxygen atoms in total. The Morgan fingerprint density at radius 2 is 1.88 bits per heavy atom. The van der Waals surface area contributed by atoms with Gasteiger partial charge in [0.1, 0.15) is 24.7 Å². The molecule has 0 unspecified atom stereocenters. The number of anilines is 1. The molecule has 3 N–H and O–H groups in total. The van der Waals surface area contributed by atoms with E-state index in [4.69, 9.17) is 19.9 Å². The lowest BCUT2D eigenvalue weighted by Gasteiger charge is -2.09. The van der Waals surface area contributed by atoms with Crippen LogP contribution in [0.1, 0.15) is 12.6 Å². The molecule has 0 bridgehead atoms. The SMILES string of the molecule is CCOCCOc1ccccc1-c1cc(COc2cccc(N)c2)[nH]n1. The van der Waals surface area contributed by atoms with E-state index in [0.717, 1.165) is 28.5 Å². The molecule has 0 saturated heterocycles. The van der Waals surface area contributed by atoms with Crippen molar-refractivity contribution < 1.29 is 14.2 Å². The van der Waals surface area contributed by atoms with E-state index in [-0.39, 0.29) is 0 Å². The highest BCUT2D eigenvalue weighted by molar-refractivity contribution is 5.67. The molecule has 136 valence electrons. The number of aromatic nitrogens is 2. The van der Waals surface area contributed by atoms with Crippen molar-refractivity contribution in [2.24, 2.45) is 0 Å². The molecule has 0 fully saturated rings. The molecule has 0 spiro atoms. The number of benzene rings is 2. The van der Waals surface area contributed by atoms with Crippen molar-refractivity contribution in [3.8, 4) is 22.8 Å². The third-order valence-electron chi connectivity index (χ3n) is 3.74. The number of hydrogen-bond acceptors (Lipinski definition) is 5. The first-order chi connectivity index (χ1) is 12.8. The Morgan fingerprint density at radius 1 is 1.00 bits per heavy atom. The van der Waals surface area contributed by atoms with E-state index in [1.807, 2.05) is 55.5 Å². The standard InChI is InChI=1S/C20H23N3O3/c1-2-24-10-11-25-20-9-4-3-8-18(20)19-13-16(22-23-19)14-26-17-7-5-6-15(21)12-17/h3-9,12-13H,2,10-11,14,21H2,1H3,(H,22,23). The zero-order valence-corrected chi connectivity index (χ0v) is 14.8. The van der Waals surface area contributed by atoms with Gasteiger partial charge in [-0.15, -0.1) is 0 Å². The molecule has 3 aromatic rings. The average molecular weight is 353 g/mol. The van der Waals surface area contributed by atoms with E-state index >= 15 is 0 Å². The van der Waals surface area contributed by atoms with Gasteiger partial charge in [0.2, 0.25) is 0 Å². The number of para-hydroxylation sites is 1. The number of hydrogen-bond donors (Lipinski definition) is 2. The topological polar surface area (TPSA) is 82.4 Å². The van der Waals surface area contributed by atoms with Gasteiger partial charge in [-0.1, -0.05) is 18.2 Å². The fourth-order valence-electron chi connectivity index (χ4n) is 2.50. The van der Waals surface area contributed by atoms with E-state index in [1.54, 1.807) is 6.07 Å². The number of nitrogens with two attached hydrogens (primary N) is 1. The molecule has 0 aliphatic rings. The van der Waals surface area contributed by atoms with Gasteiger partial charge in [-0.2, -0.15) is 5.10 Å². The fraction of sp³-hybridized carbons (Fsp3) is 0.250. The van der Waals surface area contributed by atoms with E-state index in [0.29, 0.717) is 32.1 Å². The summed E-state index contributed by atoms with van der Waals surface area (Å²) in [5.74, 6) is 1.50. The lowest BCUT2D eigenvalue weighted by atomic mass is 10.1. The zero-order valence-electron chi connectivity index (χ0n) is 14.8. The molecule has 0 aliphatic carbocycles. The Bertz CT molecular complexity index is 832. The van der Waals surface area contributed by atoms with Gasteiger partial charge in [0.05, 0.1) is 18.0 Å². The first-order valence-electron chi connectivity index (χ1n) is 8.59. The van der Waals surface area contributed by atoms with Crippen LogP contribution in [-0.4, -0.2) is 30.0 Å². The second kappa shape index (κ2) is 8.92. The molecule has 6 heteroatoms. The van der Waals surface area contributed by atoms with Crippen molar-refractivity contribution in [1.82, 2.24) is 10.2 Å². The van der Waals surface area contributed by atoms with Crippen molar-refractivity contribution >= 4 is 5.69 Å². The van der Waals surface area contributed by atoms with Crippen molar-refractivity contribution in [3.63, 3.8) is 0 Å². The van der Waals surface area contributed by atoms with Gasteiger partial charge in [0.25, 0.3) is 0 Å². The van der Waals surface area contributed by atoms with Crippen molar-refractivity contribution in [2.75, 3.05) is 25.6 Å². The predicted octanol–water partition coefficient (Wildman–Crippen LogP) is 3.65. The highest BCUT2D eigenvalue weighted by Crippen LogP contribution is 2.29. The first kappa shape index (κ1) is 17.8. The normalized spacial score (nSPS) is 10.7. The Balaban J connectivity index is 1.65. The quantitative estimate of drug-likeness (QED) is 0.453. The summed E-state index contributed by atoms with van der Waals surface area (Å²) in [5, 5.41) is 7.39. The minimum absolute atomic E-state index is 0.379.